The summed E-state index contributed by atoms with van der Waals surface area (Å²) >= 11 is 0. The molecule has 2 heteroatoms. The van der Waals surface area contributed by atoms with E-state index in [1.807, 2.05) is 6.07 Å². The van der Waals surface area contributed by atoms with Crippen LogP contribution in [0.15, 0.2) is 48.5 Å². The summed E-state index contributed by atoms with van der Waals surface area (Å²) in [4.78, 5) is 0. The summed E-state index contributed by atoms with van der Waals surface area (Å²) in [5.74, 6) is 2.04. The number of rotatable bonds is 5. The molecule has 0 fully saturated rings. The molecule has 0 saturated carbocycles. The first kappa shape index (κ1) is 14.2. The molecule has 2 unspecified atom stereocenters. The van der Waals surface area contributed by atoms with Gasteiger partial charge in [-0.2, -0.15) is 0 Å². The summed E-state index contributed by atoms with van der Waals surface area (Å²) in [5.41, 5.74) is 10.2. The second kappa shape index (κ2) is 6.31. The van der Waals surface area contributed by atoms with E-state index < -0.39 is 0 Å². The van der Waals surface area contributed by atoms with E-state index in [0.29, 0.717) is 11.8 Å². The molecule has 0 bridgehead atoms. The molecule has 3 rings (SSSR count). The van der Waals surface area contributed by atoms with Crippen molar-refractivity contribution in [3.8, 4) is 5.75 Å². The quantitative estimate of drug-likeness (QED) is 0.907. The maximum absolute atomic E-state index is 6.03. The van der Waals surface area contributed by atoms with Gasteiger partial charge >= 0.3 is 0 Å². The molecule has 1 heterocycles. The van der Waals surface area contributed by atoms with Crippen molar-refractivity contribution in [2.45, 2.75) is 25.7 Å². The third-order valence-electron chi connectivity index (χ3n) is 4.52. The van der Waals surface area contributed by atoms with E-state index in [2.05, 4.69) is 49.4 Å². The Morgan fingerprint density at radius 3 is 2.71 bits per heavy atom. The highest BCUT2D eigenvalue weighted by molar-refractivity contribution is 5.39. The molecule has 2 aromatic carbocycles. The Kier molecular flexibility index (Phi) is 4.26. The standard InChI is InChI=1S/C19H23NO/c1-14-6-2-3-7-16(14)10-15(12-20)11-17-13-21-19-9-5-4-8-18(17)19/h2-9,15,17H,10-13,20H2,1H3. The summed E-state index contributed by atoms with van der Waals surface area (Å²) in [5, 5.41) is 0. The van der Waals surface area contributed by atoms with E-state index in [-0.39, 0.29) is 0 Å². The number of benzene rings is 2. The zero-order chi connectivity index (χ0) is 14.7. The Morgan fingerprint density at radius 2 is 1.90 bits per heavy atom. The van der Waals surface area contributed by atoms with Crippen molar-refractivity contribution >= 4 is 0 Å². The van der Waals surface area contributed by atoms with Crippen LogP contribution in [0.25, 0.3) is 0 Å². The van der Waals surface area contributed by atoms with Crippen LogP contribution < -0.4 is 10.5 Å². The van der Waals surface area contributed by atoms with E-state index in [0.717, 1.165) is 31.7 Å². The second-order valence-electron chi connectivity index (χ2n) is 6.01. The number of hydrogen-bond acceptors (Lipinski definition) is 2. The lowest BCUT2D eigenvalue weighted by Gasteiger charge is -2.19. The number of fused-ring (bicyclic) bond motifs is 1. The van der Waals surface area contributed by atoms with Gasteiger partial charge in [-0.15, -0.1) is 0 Å². The zero-order valence-corrected chi connectivity index (χ0v) is 12.6. The minimum Gasteiger partial charge on any atom is -0.493 e. The first-order chi connectivity index (χ1) is 10.3. The highest BCUT2D eigenvalue weighted by Gasteiger charge is 2.26. The Morgan fingerprint density at radius 1 is 1.14 bits per heavy atom. The van der Waals surface area contributed by atoms with Crippen LogP contribution in [-0.4, -0.2) is 13.2 Å². The first-order valence-electron chi connectivity index (χ1n) is 7.74. The summed E-state index contributed by atoms with van der Waals surface area (Å²) < 4.78 is 5.79. The van der Waals surface area contributed by atoms with Crippen molar-refractivity contribution in [2.24, 2.45) is 11.7 Å². The number of aryl methyl sites for hydroxylation is 1. The van der Waals surface area contributed by atoms with Crippen LogP contribution in [-0.2, 0) is 6.42 Å². The van der Waals surface area contributed by atoms with Crippen molar-refractivity contribution in [3.05, 3.63) is 65.2 Å². The van der Waals surface area contributed by atoms with Crippen LogP contribution in [0.4, 0.5) is 0 Å². The summed E-state index contributed by atoms with van der Waals surface area (Å²) in [6.45, 7) is 3.70. The van der Waals surface area contributed by atoms with Gasteiger partial charge in [0.15, 0.2) is 0 Å². The SMILES string of the molecule is Cc1ccccc1CC(CN)CC1COc2ccccc21. The monoisotopic (exact) mass is 281 g/mol. The van der Waals surface area contributed by atoms with Crippen LogP contribution in [0.1, 0.15) is 29.0 Å². The van der Waals surface area contributed by atoms with Gasteiger partial charge in [-0.1, -0.05) is 42.5 Å². The molecule has 0 amide bonds. The van der Waals surface area contributed by atoms with Gasteiger partial charge in [-0.3, -0.25) is 0 Å². The Balaban J connectivity index is 1.70. The molecule has 21 heavy (non-hydrogen) atoms. The molecule has 110 valence electrons. The topological polar surface area (TPSA) is 35.2 Å². The molecule has 2 aromatic rings. The van der Waals surface area contributed by atoms with Crippen molar-refractivity contribution in [1.82, 2.24) is 0 Å². The van der Waals surface area contributed by atoms with Crippen molar-refractivity contribution in [3.63, 3.8) is 0 Å². The van der Waals surface area contributed by atoms with E-state index in [9.17, 15) is 0 Å². The average Bonchev–Trinajstić information content (AvgIpc) is 2.92. The molecule has 2 nitrogen and oxygen atoms in total. The molecule has 1 aliphatic rings. The van der Waals surface area contributed by atoms with Gasteiger partial charge in [0.1, 0.15) is 5.75 Å². The molecule has 2 N–H and O–H groups in total. The predicted octanol–water partition coefficient (Wildman–Crippen LogP) is 3.68. The van der Waals surface area contributed by atoms with Crippen LogP contribution in [0.3, 0.4) is 0 Å². The van der Waals surface area contributed by atoms with E-state index >= 15 is 0 Å². The third-order valence-corrected chi connectivity index (χ3v) is 4.52. The molecule has 0 aromatic heterocycles. The van der Waals surface area contributed by atoms with Gasteiger partial charge < -0.3 is 10.5 Å². The van der Waals surface area contributed by atoms with Gasteiger partial charge in [-0.05, 0) is 49.4 Å². The molecule has 0 spiro atoms. The molecule has 0 radical (unpaired) electrons. The van der Waals surface area contributed by atoms with Gasteiger partial charge in [0.2, 0.25) is 0 Å². The number of ether oxygens (including phenoxy) is 1. The van der Waals surface area contributed by atoms with Crippen molar-refractivity contribution in [2.75, 3.05) is 13.2 Å². The molecular formula is C19H23NO. The average molecular weight is 281 g/mol. The van der Waals surface area contributed by atoms with Gasteiger partial charge in [0.25, 0.3) is 0 Å². The molecule has 0 aliphatic carbocycles. The number of nitrogens with two attached hydrogens (primary N) is 1. The largest absolute Gasteiger partial charge is 0.493 e. The van der Waals surface area contributed by atoms with Crippen molar-refractivity contribution in [1.29, 1.82) is 0 Å². The zero-order valence-electron chi connectivity index (χ0n) is 12.6. The second-order valence-corrected chi connectivity index (χ2v) is 6.01. The smallest absolute Gasteiger partial charge is 0.122 e. The Bertz CT molecular complexity index is 608. The fourth-order valence-corrected chi connectivity index (χ4v) is 3.24. The van der Waals surface area contributed by atoms with Crippen LogP contribution in [0.2, 0.25) is 0 Å². The Hall–Kier alpha value is -1.80. The maximum atomic E-state index is 6.03. The van der Waals surface area contributed by atoms with Gasteiger partial charge in [0, 0.05) is 11.5 Å². The maximum Gasteiger partial charge on any atom is 0.122 e. The van der Waals surface area contributed by atoms with E-state index in [4.69, 9.17) is 10.5 Å². The predicted molar refractivity (Wildman–Crippen MR) is 86.7 cm³/mol. The summed E-state index contributed by atoms with van der Waals surface area (Å²) in [6, 6.07) is 17.0. The summed E-state index contributed by atoms with van der Waals surface area (Å²) in [7, 11) is 0. The minimum absolute atomic E-state index is 0.485. The molecule has 2 atom stereocenters. The highest BCUT2D eigenvalue weighted by atomic mass is 16.5. The van der Waals surface area contributed by atoms with E-state index in [1.54, 1.807) is 0 Å². The fourth-order valence-electron chi connectivity index (χ4n) is 3.24. The lowest BCUT2D eigenvalue weighted by molar-refractivity contribution is 0.306. The molecule has 0 saturated heterocycles. The number of hydrogen-bond donors (Lipinski definition) is 1. The highest BCUT2D eigenvalue weighted by Crippen LogP contribution is 2.37. The van der Waals surface area contributed by atoms with Gasteiger partial charge in [0.05, 0.1) is 6.61 Å². The number of para-hydroxylation sites is 1. The fraction of sp³-hybridized carbons (Fsp3) is 0.368. The van der Waals surface area contributed by atoms with Gasteiger partial charge in [-0.25, -0.2) is 0 Å². The Labute approximate surface area is 126 Å². The van der Waals surface area contributed by atoms with Crippen LogP contribution in [0, 0.1) is 12.8 Å². The lowest BCUT2D eigenvalue weighted by atomic mass is 9.86. The van der Waals surface area contributed by atoms with Crippen LogP contribution >= 0.6 is 0 Å². The molecular weight excluding hydrogens is 258 g/mol. The summed E-state index contributed by atoms with van der Waals surface area (Å²) in [6.07, 6.45) is 2.16. The third kappa shape index (κ3) is 3.11. The first-order valence-corrected chi connectivity index (χ1v) is 7.74. The molecule has 1 aliphatic heterocycles. The van der Waals surface area contributed by atoms with Crippen molar-refractivity contribution < 1.29 is 4.74 Å². The van der Waals surface area contributed by atoms with Crippen LogP contribution in [0.5, 0.6) is 5.75 Å². The lowest BCUT2D eigenvalue weighted by Crippen LogP contribution is -2.20. The normalized spacial score (nSPS) is 18.1. The minimum atomic E-state index is 0.485. The van der Waals surface area contributed by atoms with E-state index in [1.165, 1.54) is 16.7 Å².